The summed E-state index contributed by atoms with van der Waals surface area (Å²) in [4.78, 5) is 15.6. The molecule has 1 aliphatic carbocycles. The molecule has 0 radical (unpaired) electrons. The molecule has 62 heavy (non-hydrogen) atoms. The van der Waals surface area contributed by atoms with E-state index in [9.17, 15) is 0 Å². The highest BCUT2D eigenvalue weighted by Gasteiger charge is 2.46. The van der Waals surface area contributed by atoms with Crippen molar-refractivity contribution in [2.45, 2.75) is 5.41 Å². The smallest absolute Gasteiger partial charge is 0.164 e. The van der Waals surface area contributed by atoms with Crippen LogP contribution in [0.3, 0.4) is 0 Å². The normalized spacial score (nSPS) is 12.6. The molecule has 4 heteroatoms. The summed E-state index contributed by atoms with van der Waals surface area (Å²) in [5.74, 6) is 1.91. The number of hydrogen-bond donors (Lipinski definition) is 0. The predicted molar refractivity (Wildman–Crippen MR) is 257 cm³/mol. The Bertz CT molecular complexity index is 3410. The van der Waals surface area contributed by atoms with Crippen LogP contribution in [0.1, 0.15) is 22.3 Å². The number of fused-ring (bicyclic) bond motifs is 6. The van der Waals surface area contributed by atoms with Crippen molar-refractivity contribution in [3.63, 3.8) is 0 Å². The quantitative estimate of drug-likeness (QED) is 0.161. The van der Waals surface area contributed by atoms with E-state index in [1.165, 1.54) is 59.1 Å². The van der Waals surface area contributed by atoms with Crippen LogP contribution in [0.5, 0.6) is 0 Å². The summed E-state index contributed by atoms with van der Waals surface area (Å²) < 4.78 is 2.52. The Labute approximate surface area is 364 Å². The van der Waals surface area contributed by atoms with Crippen molar-refractivity contribution in [2.75, 3.05) is 0 Å². The minimum atomic E-state index is -0.529. The lowest BCUT2D eigenvalue weighted by Crippen LogP contribution is -2.28. The first kappa shape index (κ1) is 36.1. The second kappa shape index (κ2) is 14.7. The zero-order chi connectivity index (χ0) is 41.0. The Balaban J connectivity index is 1.08. The third-order valence-electron chi connectivity index (χ3n) is 12.4. The topological polar surface area (TPSA) is 38.7 Å². The van der Waals surface area contributed by atoms with Crippen molar-refractivity contribution >= 4 is 31.5 Å². The summed E-state index contributed by atoms with van der Waals surface area (Å²) in [6.07, 6.45) is 0. The number of benzene rings is 9. The molecule has 0 fully saturated rings. The van der Waals surface area contributed by atoms with Gasteiger partial charge in [-0.1, -0.05) is 182 Å². The van der Waals surface area contributed by atoms with Gasteiger partial charge in [-0.15, -0.1) is 11.3 Å². The molecule has 9 aromatic carbocycles. The third kappa shape index (κ3) is 5.83. The molecule has 2 heterocycles. The second-order valence-electron chi connectivity index (χ2n) is 15.9. The number of aromatic nitrogens is 3. The molecule has 290 valence electrons. The molecular weight excluding hydrogens is 771 g/mol. The molecule has 0 N–H and O–H groups in total. The van der Waals surface area contributed by atoms with Crippen molar-refractivity contribution in [2.24, 2.45) is 0 Å². The average Bonchev–Trinajstić information content (AvgIpc) is 3.87. The average molecular weight is 808 g/mol. The van der Waals surface area contributed by atoms with Crippen molar-refractivity contribution < 1.29 is 0 Å². The number of rotatable bonds is 7. The Morgan fingerprint density at radius 3 is 1.52 bits per heavy atom. The lowest BCUT2D eigenvalue weighted by atomic mass is 9.67. The van der Waals surface area contributed by atoms with E-state index in [0.29, 0.717) is 17.5 Å². The molecule has 1 aliphatic rings. The van der Waals surface area contributed by atoms with Crippen LogP contribution in [0.25, 0.3) is 87.7 Å². The Hall–Kier alpha value is -7.79. The molecule has 11 aromatic rings. The van der Waals surface area contributed by atoms with E-state index in [1.54, 1.807) is 0 Å². The van der Waals surface area contributed by atoms with Gasteiger partial charge < -0.3 is 0 Å². The summed E-state index contributed by atoms with van der Waals surface area (Å²) in [5.41, 5.74) is 14.4. The monoisotopic (exact) mass is 807 g/mol. The highest BCUT2D eigenvalue weighted by molar-refractivity contribution is 7.25. The van der Waals surface area contributed by atoms with E-state index in [4.69, 9.17) is 15.0 Å². The molecule has 0 bridgehead atoms. The van der Waals surface area contributed by atoms with Gasteiger partial charge in [-0.25, -0.2) is 15.0 Å². The molecule has 0 amide bonds. The number of thiophene rings is 1. The number of hydrogen-bond acceptors (Lipinski definition) is 4. The van der Waals surface area contributed by atoms with E-state index in [0.717, 1.165) is 33.4 Å². The molecular formula is C58H37N3S. The van der Waals surface area contributed by atoms with Crippen LogP contribution < -0.4 is 0 Å². The van der Waals surface area contributed by atoms with Gasteiger partial charge in [-0.05, 0) is 98.1 Å². The first-order chi connectivity index (χ1) is 30.7. The van der Waals surface area contributed by atoms with Gasteiger partial charge in [0.15, 0.2) is 17.5 Å². The first-order valence-corrected chi connectivity index (χ1v) is 21.8. The fourth-order valence-corrected chi connectivity index (χ4v) is 10.7. The van der Waals surface area contributed by atoms with Gasteiger partial charge in [-0.2, -0.15) is 0 Å². The largest absolute Gasteiger partial charge is 0.208 e. The molecule has 12 rings (SSSR count). The molecule has 3 nitrogen and oxygen atoms in total. The van der Waals surface area contributed by atoms with Gasteiger partial charge in [0, 0.05) is 36.9 Å². The van der Waals surface area contributed by atoms with Crippen LogP contribution in [-0.2, 0) is 5.41 Å². The van der Waals surface area contributed by atoms with Crippen molar-refractivity contribution in [1.82, 2.24) is 15.0 Å². The van der Waals surface area contributed by atoms with Crippen LogP contribution in [0.4, 0.5) is 0 Å². The highest BCUT2D eigenvalue weighted by Crippen LogP contribution is 2.58. The Kier molecular flexibility index (Phi) is 8.58. The minimum absolute atomic E-state index is 0.529. The van der Waals surface area contributed by atoms with Crippen molar-refractivity contribution in [3.8, 4) is 67.5 Å². The first-order valence-electron chi connectivity index (χ1n) is 21.0. The lowest BCUT2D eigenvalue weighted by molar-refractivity contribution is 0.769. The molecule has 0 unspecified atom stereocenters. The number of nitrogens with zero attached hydrogens (tertiary/aromatic N) is 3. The maximum absolute atomic E-state index is 5.25. The van der Waals surface area contributed by atoms with Crippen molar-refractivity contribution in [3.05, 3.63) is 247 Å². The maximum atomic E-state index is 5.25. The molecule has 0 saturated carbocycles. The van der Waals surface area contributed by atoms with E-state index in [-0.39, 0.29) is 0 Å². The molecule has 0 atom stereocenters. The minimum Gasteiger partial charge on any atom is -0.208 e. The Morgan fingerprint density at radius 2 is 0.806 bits per heavy atom. The zero-order valence-electron chi connectivity index (χ0n) is 33.6. The standard InChI is InChI=1S/C58H37N3S/c1-5-18-38(19-6-1)47-36-49-45-28-13-15-30-51(45)58(43-24-9-3-10-25-43,44-26-11-4-12-27-44)52(49)37-48(47)40-22-17-23-41(34-40)56-59-55(39-20-7-2-8-21-39)60-57(61-56)42-32-33-54-50(35-42)46-29-14-16-31-53(46)62-54/h1-37H. The molecule has 0 spiro atoms. The fourth-order valence-electron chi connectivity index (χ4n) is 9.62. The predicted octanol–water partition coefficient (Wildman–Crippen LogP) is 14.9. The van der Waals surface area contributed by atoms with Crippen LogP contribution in [0.2, 0.25) is 0 Å². The summed E-state index contributed by atoms with van der Waals surface area (Å²) in [5, 5.41) is 2.46. The zero-order valence-corrected chi connectivity index (χ0v) is 34.4. The highest BCUT2D eigenvalue weighted by atomic mass is 32.1. The van der Waals surface area contributed by atoms with Crippen LogP contribution in [0.15, 0.2) is 224 Å². The van der Waals surface area contributed by atoms with Crippen LogP contribution in [0, 0.1) is 0 Å². The van der Waals surface area contributed by atoms with Gasteiger partial charge in [0.05, 0.1) is 5.41 Å². The Morgan fingerprint density at radius 1 is 0.290 bits per heavy atom. The molecule has 2 aromatic heterocycles. The van der Waals surface area contributed by atoms with Gasteiger partial charge in [-0.3, -0.25) is 0 Å². The fraction of sp³-hybridized carbons (Fsp3) is 0.0172. The van der Waals surface area contributed by atoms with E-state index in [1.807, 2.05) is 29.5 Å². The summed E-state index contributed by atoms with van der Waals surface area (Å²) >= 11 is 1.81. The third-order valence-corrected chi connectivity index (χ3v) is 13.6. The molecule has 0 aliphatic heterocycles. The summed E-state index contributed by atoms with van der Waals surface area (Å²) in [7, 11) is 0. The summed E-state index contributed by atoms with van der Waals surface area (Å²) in [6.45, 7) is 0. The van der Waals surface area contributed by atoms with Gasteiger partial charge in [0.25, 0.3) is 0 Å². The van der Waals surface area contributed by atoms with Gasteiger partial charge >= 0.3 is 0 Å². The van der Waals surface area contributed by atoms with E-state index < -0.39 is 5.41 Å². The van der Waals surface area contributed by atoms with E-state index >= 15 is 0 Å². The second-order valence-corrected chi connectivity index (χ2v) is 17.0. The lowest BCUT2D eigenvalue weighted by Gasteiger charge is -2.34. The van der Waals surface area contributed by atoms with Crippen molar-refractivity contribution in [1.29, 1.82) is 0 Å². The van der Waals surface area contributed by atoms with E-state index in [2.05, 4.69) is 206 Å². The van der Waals surface area contributed by atoms with Gasteiger partial charge in [0.2, 0.25) is 0 Å². The molecule has 0 saturated heterocycles. The SMILES string of the molecule is c1ccc(-c2nc(-c3cccc(-c4cc5c(cc4-c4ccccc4)-c4ccccc4C5(c4ccccc4)c4ccccc4)c3)nc(-c3ccc4sc5ccccc5c4c3)n2)cc1. The van der Waals surface area contributed by atoms with Crippen LogP contribution >= 0.6 is 11.3 Å². The van der Waals surface area contributed by atoms with Crippen LogP contribution in [-0.4, -0.2) is 15.0 Å². The van der Waals surface area contributed by atoms with Gasteiger partial charge in [0.1, 0.15) is 0 Å². The summed E-state index contributed by atoms with van der Waals surface area (Å²) in [6, 6.07) is 80.8. The maximum Gasteiger partial charge on any atom is 0.164 e.